The fourth-order valence-corrected chi connectivity index (χ4v) is 3.08. The summed E-state index contributed by atoms with van der Waals surface area (Å²) in [6.07, 6.45) is 0.552. The Morgan fingerprint density at radius 3 is 2.00 bits per heavy atom. The maximum Gasteiger partial charge on any atom is 0.323 e. The number of nitrogens with one attached hydrogen (secondary N) is 1. The number of ether oxygens (including phenoxy) is 2. The largest absolute Gasteiger partial charge is 0.466 e. The quantitative estimate of drug-likeness (QED) is 0.585. The van der Waals surface area contributed by atoms with E-state index in [4.69, 9.17) is 9.47 Å². The van der Waals surface area contributed by atoms with E-state index in [2.05, 4.69) is 5.32 Å². The summed E-state index contributed by atoms with van der Waals surface area (Å²) in [6, 6.07) is 18.9. The molecule has 5 nitrogen and oxygen atoms in total. The van der Waals surface area contributed by atoms with Gasteiger partial charge in [-0.25, -0.2) is 0 Å². The number of rotatable bonds is 11. The van der Waals surface area contributed by atoms with E-state index >= 15 is 0 Å². The Morgan fingerprint density at radius 2 is 1.45 bits per heavy atom. The van der Waals surface area contributed by atoms with Crippen LogP contribution >= 0.6 is 0 Å². The second-order valence-electron chi connectivity index (χ2n) is 7.36. The lowest BCUT2D eigenvalue weighted by Gasteiger charge is -2.24. The minimum Gasteiger partial charge on any atom is -0.466 e. The van der Waals surface area contributed by atoms with E-state index < -0.39 is 6.04 Å². The Hall–Kier alpha value is -2.66. The number of hydrogen-bond donors (Lipinski definition) is 1. The smallest absolute Gasteiger partial charge is 0.323 e. The van der Waals surface area contributed by atoms with Gasteiger partial charge in [-0.3, -0.25) is 9.59 Å². The first kappa shape index (κ1) is 22.6. The Balaban J connectivity index is 1.98. The van der Waals surface area contributed by atoms with Crippen LogP contribution in [-0.2, 0) is 32.1 Å². The summed E-state index contributed by atoms with van der Waals surface area (Å²) in [7, 11) is 0. The van der Waals surface area contributed by atoms with E-state index in [1.54, 1.807) is 6.92 Å². The molecule has 0 fully saturated rings. The highest BCUT2D eigenvalue weighted by molar-refractivity contribution is 5.76. The molecule has 2 rings (SSSR count). The first-order chi connectivity index (χ1) is 14.0. The molecule has 0 radical (unpaired) electrons. The standard InChI is InChI=1S/C24H31NO4/c1-4-28-23(26)21(15-19-11-7-5-8-12-19)16-25-22(18(2)3)24(27)29-17-20-13-9-6-10-14-20/h5-14,18,21-22,25H,4,15-17H2,1-3H3/t21?,22-/m0/s1. The topological polar surface area (TPSA) is 64.6 Å². The first-order valence-corrected chi connectivity index (χ1v) is 10.2. The van der Waals surface area contributed by atoms with Crippen LogP contribution in [0.3, 0.4) is 0 Å². The molecule has 0 aliphatic rings. The predicted octanol–water partition coefficient (Wildman–Crippen LogP) is 3.77. The second kappa shape index (κ2) is 12.0. The number of esters is 2. The number of hydrogen-bond acceptors (Lipinski definition) is 5. The zero-order valence-corrected chi connectivity index (χ0v) is 17.5. The van der Waals surface area contributed by atoms with Crippen LogP contribution in [-0.4, -0.2) is 31.1 Å². The van der Waals surface area contributed by atoms with E-state index in [0.29, 0.717) is 19.6 Å². The zero-order chi connectivity index (χ0) is 21.1. The second-order valence-corrected chi connectivity index (χ2v) is 7.36. The van der Waals surface area contributed by atoms with E-state index in [-0.39, 0.29) is 30.4 Å². The minimum absolute atomic E-state index is 0.0258. The van der Waals surface area contributed by atoms with Crippen LogP contribution in [0.2, 0.25) is 0 Å². The highest BCUT2D eigenvalue weighted by Gasteiger charge is 2.27. The van der Waals surface area contributed by atoms with Crippen molar-refractivity contribution in [2.24, 2.45) is 11.8 Å². The molecule has 2 aromatic rings. The SMILES string of the molecule is CCOC(=O)C(CN[C@H](C(=O)OCc1ccccc1)C(C)C)Cc1ccccc1. The van der Waals surface area contributed by atoms with E-state index in [1.165, 1.54) is 0 Å². The fraction of sp³-hybridized carbons (Fsp3) is 0.417. The molecular weight excluding hydrogens is 366 g/mol. The molecule has 0 aliphatic heterocycles. The summed E-state index contributed by atoms with van der Waals surface area (Å²) in [6.45, 7) is 6.61. The van der Waals surface area contributed by atoms with Gasteiger partial charge in [0.1, 0.15) is 12.6 Å². The molecule has 0 saturated carbocycles. The van der Waals surface area contributed by atoms with Gasteiger partial charge in [0.05, 0.1) is 12.5 Å². The summed E-state index contributed by atoms with van der Waals surface area (Å²) in [5, 5.41) is 3.24. The lowest BCUT2D eigenvalue weighted by Crippen LogP contribution is -2.45. The van der Waals surface area contributed by atoms with Gasteiger partial charge in [-0.1, -0.05) is 74.5 Å². The average Bonchev–Trinajstić information content (AvgIpc) is 2.73. The van der Waals surface area contributed by atoms with Crippen LogP contribution in [0, 0.1) is 11.8 Å². The van der Waals surface area contributed by atoms with Crippen molar-refractivity contribution in [2.75, 3.05) is 13.2 Å². The first-order valence-electron chi connectivity index (χ1n) is 10.2. The molecule has 2 aromatic carbocycles. The molecule has 0 aromatic heterocycles. The van der Waals surface area contributed by atoms with Gasteiger partial charge < -0.3 is 14.8 Å². The molecule has 1 N–H and O–H groups in total. The van der Waals surface area contributed by atoms with Gasteiger partial charge in [-0.2, -0.15) is 0 Å². The van der Waals surface area contributed by atoms with Crippen LogP contribution in [0.5, 0.6) is 0 Å². The summed E-state index contributed by atoms with van der Waals surface area (Å²) in [5.41, 5.74) is 2.00. The Morgan fingerprint density at radius 1 is 0.862 bits per heavy atom. The molecule has 5 heteroatoms. The van der Waals surface area contributed by atoms with E-state index in [0.717, 1.165) is 11.1 Å². The molecular formula is C24H31NO4. The van der Waals surface area contributed by atoms with Gasteiger partial charge in [-0.15, -0.1) is 0 Å². The number of carbonyl (C=O) groups excluding carboxylic acids is 2. The van der Waals surface area contributed by atoms with Gasteiger partial charge >= 0.3 is 11.9 Å². The molecule has 0 heterocycles. The molecule has 156 valence electrons. The van der Waals surface area contributed by atoms with Crippen molar-refractivity contribution in [3.63, 3.8) is 0 Å². The molecule has 0 aliphatic carbocycles. The van der Waals surface area contributed by atoms with Gasteiger partial charge in [-0.05, 0) is 30.4 Å². The van der Waals surface area contributed by atoms with Gasteiger partial charge in [0.25, 0.3) is 0 Å². The van der Waals surface area contributed by atoms with Crippen molar-refractivity contribution in [1.82, 2.24) is 5.32 Å². The monoisotopic (exact) mass is 397 g/mol. The van der Waals surface area contributed by atoms with Crippen molar-refractivity contribution in [3.8, 4) is 0 Å². The van der Waals surface area contributed by atoms with Gasteiger partial charge in [0.15, 0.2) is 0 Å². The van der Waals surface area contributed by atoms with Crippen LogP contribution in [0.1, 0.15) is 31.9 Å². The lowest BCUT2D eigenvalue weighted by atomic mass is 9.97. The van der Waals surface area contributed by atoms with Crippen molar-refractivity contribution < 1.29 is 19.1 Å². The number of carbonyl (C=O) groups is 2. The van der Waals surface area contributed by atoms with Crippen LogP contribution < -0.4 is 5.32 Å². The minimum atomic E-state index is -0.494. The van der Waals surface area contributed by atoms with Crippen LogP contribution in [0.4, 0.5) is 0 Å². The highest BCUT2D eigenvalue weighted by Crippen LogP contribution is 2.13. The molecule has 0 bridgehead atoms. The molecule has 0 spiro atoms. The third kappa shape index (κ3) is 7.70. The fourth-order valence-electron chi connectivity index (χ4n) is 3.08. The average molecular weight is 398 g/mol. The Bertz CT molecular complexity index is 746. The van der Waals surface area contributed by atoms with Gasteiger partial charge in [0.2, 0.25) is 0 Å². The normalized spacial score (nSPS) is 13.0. The van der Waals surface area contributed by atoms with E-state index in [1.807, 2.05) is 74.5 Å². The van der Waals surface area contributed by atoms with Crippen molar-refractivity contribution in [2.45, 2.75) is 39.8 Å². The van der Waals surface area contributed by atoms with Crippen molar-refractivity contribution in [3.05, 3.63) is 71.8 Å². The summed E-state index contributed by atoms with van der Waals surface area (Å²) in [4.78, 5) is 25.1. The Kier molecular flexibility index (Phi) is 9.38. The summed E-state index contributed by atoms with van der Waals surface area (Å²) >= 11 is 0. The molecule has 29 heavy (non-hydrogen) atoms. The predicted molar refractivity (Wildman–Crippen MR) is 113 cm³/mol. The van der Waals surface area contributed by atoms with Crippen LogP contribution in [0.15, 0.2) is 60.7 Å². The molecule has 1 unspecified atom stereocenters. The van der Waals surface area contributed by atoms with Gasteiger partial charge in [0, 0.05) is 6.54 Å². The van der Waals surface area contributed by atoms with E-state index in [9.17, 15) is 9.59 Å². The van der Waals surface area contributed by atoms with Crippen molar-refractivity contribution in [1.29, 1.82) is 0 Å². The molecule has 2 atom stereocenters. The lowest BCUT2D eigenvalue weighted by molar-refractivity contribution is -0.151. The van der Waals surface area contributed by atoms with Crippen LogP contribution in [0.25, 0.3) is 0 Å². The number of benzene rings is 2. The maximum absolute atomic E-state index is 12.6. The summed E-state index contributed by atoms with van der Waals surface area (Å²) < 4.78 is 10.7. The third-order valence-electron chi connectivity index (χ3n) is 4.67. The Labute approximate surface area is 173 Å². The highest BCUT2D eigenvalue weighted by atomic mass is 16.5. The summed E-state index contributed by atoms with van der Waals surface area (Å²) in [5.74, 6) is -0.923. The van der Waals surface area contributed by atoms with Crippen molar-refractivity contribution >= 4 is 11.9 Å². The molecule has 0 amide bonds. The third-order valence-corrected chi connectivity index (χ3v) is 4.67. The zero-order valence-electron chi connectivity index (χ0n) is 17.5. The molecule has 0 saturated heterocycles. The maximum atomic E-state index is 12.6.